The number of piperidine rings is 1. The van der Waals surface area contributed by atoms with Gasteiger partial charge in [0, 0.05) is 43.2 Å². The van der Waals surface area contributed by atoms with Crippen LogP contribution in [-0.2, 0) is 6.54 Å². The lowest BCUT2D eigenvalue weighted by Crippen LogP contribution is -2.39. The van der Waals surface area contributed by atoms with Gasteiger partial charge >= 0.3 is 7.12 Å². The average Bonchev–Trinajstić information content (AvgIpc) is 2.77. The van der Waals surface area contributed by atoms with Crippen LogP contribution in [-0.4, -0.2) is 47.6 Å². The lowest BCUT2D eigenvalue weighted by molar-refractivity contribution is 0.0711. The van der Waals surface area contributed by atoms with Crippen molar-refractivity contribution in [1.82, 2.24) is 4.90 Å². The highest BCUT2D eigenvalue weighted by molar-refractivity contribution is 6.43. The summed E-state index contributed by atoms with van der Waals surface area (Å²) in [6.45, 7) is 2.59. The molecule has 1 amide bonds. The van der Waals surface area contributed by atoms with E-state index in [1.807, 2.05) is 23.1 Å². The first-order valence-electron chi connectivity index (χ1n) is 10.4. The first kappa shape index (κ1) is 19.9. The SMILES string of the molecule is NCc1cccc(C2CCN(C(=O)c3cccc4c3C(B(O)O)CCN4)CC2)c1. The predicted molar refractivity (Wildman–Crippen MR) is 115 cm³/mol. The second-order valence-electron chi connectivity index (χ2n) is 8.02. The molecule has 1 unspecified atom stereocenters. The molecular weight excluding hydrogens is 365 g/mol. The highest BCUT2D eigenvalue weighted by atomic mass is 16.4. The van der Waals surface area contributed by atoms with Crippen LogP contribution < -0.4 is 11.1 Å². The van der Waals surface area contributed by atoms with Crippen molar-refractivity contribution in [2.45, 2.75) is 37.5 Å². The van der Waals surface area contributed by atoms with Crippen LogP contribution in [0, 0.1) is 0 Å². The van der Waals surface area contributed by atoms with E-state index in [1.54, 1.807) is 6.07 Å². The molecule has 1 atom stereocenters. The van der Waals surface area contributed by atoms with Crippen molar-refractivity contribution in [1.29, 1.82) is 0 Å². The third-order valence-corrected chi connectivity index (χ3v) is 6.28. The summed E-state index contributed by atoms with van der Waals surface area (Å²) in [6, 6.07) is 14.0. The van der Waals surface area contributed by atoms with Gasteiger partial charge in [-0.1, -0.05) is 30.3 Å². The average molecular weight is 393 g/mol. The monoisotopic (exact) mass is 393 g/mol. The van der Waals surface area contributed by atoms with Crippen LogP contribution >= 0.6 is 0 Å². The van der Waals surface area contributed by atoms with Gasteiger partial charge in [0.2, 0.25) is 0 Å². The van der Waals surface area contributed by atoms with E-state index >= 15 is 0 Å². The number of hydrogen-bond acceptors (Lipinski definition) is 5. The van der Waals surface area contributed by atoms with Crippen molar-refractivity contribution < 1.29 is 14.8 Å². The van der Waals surface area contributed by atoms with Gasteiger partial charge in [-0.05, 0) is 54.0 Å². The molecule has 1 fully saturated rings. The minimum atomic E-state index is -1.47. The van der Waals surface area contributed by atoms with E-state index in [2.05, 4.69) is 23.5 Å². The van der Waals surface area contributed by atoms with Gasteiger partial charge in [0.05, 0.1) is 0 Å². The van der Waals surface area contributed by atoms with Gasteiger partial charge < -0.3 is 26.0 Å². The van der Waals surface area contributed by atoms with Crippen molar-refractivity contribution in [3.05, 3.63) is 64.7 Å². The Morgan fingerprint density at radius 1 is 1.14 bits per heavy atom. The molecule has 1 saturated heterocycles. The number of nitrogens with one attached hydrogen (secondary N) is 1. The van der Waals surface area contributed by atoms with Crippen LogP contribution in [0.3, 0.4) is 0 Å². The van der Waals surface area contributed by atoms with E-state index in [0.29, 0.717) is 44.1 Å². The maximum absolute atomic E-state index is 13.3. The number of benzene rings is 2. The summed E-state index contributed by atoms with van der Waals surface area (Å²) < 4.78 is 0. The Labute approximate surface area is 171 Å². The van der Waals surface area contributed by atoms with Crippen LogP contribution in [0.5, 0.6) is 0 Å². The molecule has 0 bridgehead atoms. The first-order chi connectivity index (χ1) is 14.1. The van der Waals surface area contributed by atoms with Crippen LogP contribution in [0.4, 0.5) is 5.69 Å². The number of anilines is 1. The molecule has 29 heavy (non-hydrogen) atoms. The number of amides is 1. The van der Waals surface area contributed by atoms with E-state index < -0.39 is 12.9 Å². The summed E-state index contributed by atoms with van der Waals surface area (Å²) in [5.74, 6) is -0.0304. The molecule has 4 rings (SSSR count). The minimum absolute atomic E-state index is 0.0228. The van der Waals surface area contributed by atoms with Gasteiger partial charge in [0.25, 0.3) is 5.91 Å². The maximum Gasteiger partial charge on any atom is 0.459 e. The van der Waals surface area contributed by atoms with Gasteiger partial charge in [0.15, 0.2) is 0 Å². The number of fused-ring (bicyclic) bond motifs is 1. The summed E-state index contributed by atoms with van der Waals surface area (Å²) in [4.78, 5) is 15.2. The van der Waals surface area contributed by atoms with Crippen molar-refractivity contribution in [2.75, 3.05) is 25.0 Å². The zero-order valence-electron chi connectivity index (χ0n) is 16.6. The smallest absolute Gasteiger partial charge is 0.427 e. The van der Waals surface area contributed by atoms with Gasteiger partial charge in [-0.3, -0.25) is 4.79 Å². The highest BCUT2D eigenvalue weighted by Gasteiger charge is 2.35. The van der Waals surface area contributed by atoms with E-state index in [4.69, 9.17) is 5.73 Å². The van der Waals surface area contributed by atoms with Crippen LogP contribution in [0.15, 0.2) is 42.5 Å². The second-order valence-corrected chi connectivity index (χ2v) is 8.02. The quantitative estimate of drug-likeness (QED) is 0.597. The fourth-order valence-electron chi connectivity index (χ4n) is 4.67. The van der Waals surface area contributed by atoms with E-state index in [-0.39, 0.29) is 5.91 Å². The summed E-state index contributed by atoms with van der Waals surface area (Å²) >= 11 is 0. The van der Waals surface area contributed by atoms with Crippen molar-refractivity contribution in [3.63, 3.8) is 0 Å². The standard InChI is InChI=1S/C22H28BN3O3/c24-14-15-3-1-4-17(13-15)16-8-11-26(12-9-16)22(27)18-5-2-6-20-21(18)19(23(28)29)7-10-25-20/h1-6,13,16,19,25,28-29H,7-12,14,24H2. The molecule has 2 aromatic rings. The number of carbonyl (C=O) groups is 1. The number of carbonyl (C=O) groups excluding carboxylic acids is 1. The van der Waals surface area contributed by atoms with Crippen LogP contribution in [0.25, 0.3) is 0 Å². The number of rotatable bonds is 4. The Morgan fingerprint density at radius 3 is 2.62 bits per heavy atom. The molecule has 0 aromatic heterocycles. The van der Waals surface area contributed by atoms with E-state index in [9.17, 15) is 14.8 Å². The molecule has 2 heterocycles. The molecular formula is C22H28BN3O3. The molecule has 7 heteroatoms. The first-order valence-corrected chi connectivity index (χ1v) is 10.4. The van der Waals surface area contributed by atoms with Crippen LogP contribution in [0.1, 0.15) is 58.0 Å². The zero-order chi connectivity index (χ0) is 20.4. The van der Waals surface area contributed by atoms with E-state index in [0.717, 1.165) is 29.7 Å². The summed E-state index contributed by atoms with van der Waals surface area (Å²) in [6.07, 6.45) is 2.42. The molecule has 2 aliphatic heterocycles. The maximum atomic E-state index is 13.3. The summed E-state index contributed by atoms with van der Waals surface area (Å²) in [5.41, 5.74) is 10.3. The molecule has 0 aliphatic carbocycles. The molecule has 152 valence electrons. The van der Waals surface area contributed by atoms with Gasteiger partial charge in [-0.25, -0.2) is 0 Å². The normalized spacial score (nSPS) is 19.4. The summed E-state index contributed by atoms with van der Waals surface area (Å²) in [7, 11) is -1.47. The predicted octanol–water partition coefficient (Wildman–Crippen LogP) is 2.08. The molecule has 2 aromatic carbocycles. The van der Waals surface area contributed by atoms with Crippen molar-refractivity contribution in [2.24, 2.45) is 5.73 Å². The fourth-order valence-corrected chi connectivity index (χ4v) is 4.67. The molecule has 0 radical (unpaired) electrons. The number of likely N-dealkylation sites (tertiary alicyclic amines) is 1. The van der Waals surface area contributed by atoms with Gasteiger partial charge in [0.1, 0.15) is 0 Å². The van der Waals surface area contributed by atoms with E-state index in [1.165, 1.54) is 5.56 Å². The number of nitrogens with two attached hydrogens (primary N) is 1. The number of nitrogens with zero attached hydrogens (tertiary/aromatic N) is 1. The fraction of sp³-hybridized carbons (Fsp3) is 0.409. The Bertz CT molecular complexity index is 881. The molecule has 5 N–H and O–H groups in total. The molecule has 2 aliphatic rings. The second kappa shape index (κ2) is 8.57. The van der Waals surface area contributed by atoms with Gasteiger partial charge in [-0.2, -0.15) is 0 Å². The topological polar surface area (TPSA) is 98.8 Å². The largest absolute Gasteiger partial charge is 0.459 e. The Kier molecular flexibility index (Phi) is 5.90. The van der Waals surface area contributed by atoms with Crippen molar-refractivity contribution >= 4 is 18.7 Å². The lowest BCUT2D eigenvalue weighted by atomic mass is 9.64. The molecule has 0 saturated carbocycles. The highest BCUT2D eigenvalue weighted by Crippen LogP contribution is 2.36. The third-order valence-electron chi connectivity index (χ3n) is 6.28. The lowest BCUT2D eigenvalue weighted by Gasteiger charge is -2.34. The van der Waals surface area contributed by atoms with Gasteiger partial charge in [-0.15, -0.1) is 0 Å². The number of hydrogen-bond donors (Lipinski definition) is 4. The molecule has 6 nitrogen and oxygen atoms in total. The zero-order valence-corrected chi connectivity index (χ0v) is 16.6. The van der Waals surface area contributed by atoms with Crippen molar-refractivity contribution in [3.8, 4) is 0 Å². The summed E-state index contributed by atoms with van der Waals surface area (Å²) in [5, 5.41) is 23.0. The Morgan fingerprint density at radius 2 is 1.90 bits per heavy atom. The minimum Gasteiger partial charge on any atom is -0.427 e. The molecule has 0 spiro atoms. The third kappa shape index (κ3) is 4.03. The Balaban J connectivity index is 1.51. The Hall–Kier alpha value is -2.35. The van der Waals surface area contributed by atoms with Crippen LogP contribution in [0.2, 0.25) is 0 Å².